The molecule has 10 nitrogen and oxygen atoms in total. The van der Waals surface area contributed by atoms with E-state index in [0.717, 1.165) is 0 Å². The lowest BCUT2D eigenvalue weighted by Crippen LogP contribution is -2.35. The van der Waals surface area contributed by atoms with Crippen LogP contribution in [0.3, 0.4) is 0 Å². The van der Waals surface area contributed by atoms with Crippen LogP contribution >= 0.6 is 0 Å². The Bertz CT molecular complexity index is 623. The third-order valence-corrected chi connectivity index (χ3v) is 3.18. The lowest BCUT2D eigenvalue weighted by atomic mass is 9.99. The minimum Gasteiger partial charge on any atom is -0.490 e. The number of ether oxygens (including phenoxy) is 2. The fraction of sp³-hybridized carbons (Fsp3) is 0.562. The summed E-state index contributed by atoms with van der Waals surface area (Å²) in [6, 6.07) is 5.88. The van der Waals surface area contributed by atoms with Crippen LogP contribution in [-0.4, -0.2) is 52.3 Å². The minimum absolute atomic E-state index is 0.303. The number of benzene rings is 1. The van der Waals surface area contributed by atoms with Crippen LogP contribution in [0.1, 0.15) is 32.3 Å². The molecule has 0 saturated heterocycles. The minimum atomic E-state index is -1.47. The molecule has 26 heavy (non-hydrogen) atoms. The molecule has 0 spiro atoms. The molecular weight excluding hydrogens is 348 g/mol. The van der Waals surface area contributed by atoms with Gasteiger partial charge in [-0.1, -0.05) is 12.1 Å². The van der Waals surface area contributed by atoms with Crippen molar-refractivity contribution in [3.8, 4) is 5.75 Å². The summed E-state index contributed by atoms with van der Waals surface area (Å²) in [5.74, 6) is -1.37. The average Bonchev–Trinajstić information content (AvgIpc) is 2.50. The lowest BCUT2D eigenvalue weighted by Gasteiger charge is -2.21. The third-order valence-electron chi connectivity index (χ3n) is 3.18. The zero-order valence-corrected chi connectivity index (χ0v) is 14.8. The highest BCUT2D eigenvalue weighted by Gasteiger charge is 2.25. The Hall–Kier alpha value is -2.75. The number of hydrogen-bond acceptors (Lipinski definition) is 8. The Morgan fingerprint density at radius 2 is 1.62 bits per heavy atom. The van der Waals surface area contributed by atoms with Gasteiger partial charge in [0.15, 0.2) is 6.10 Å². The van der Waals surface area contributed by atoms with Gasteiger partial charge in [0.05, 0.1) is 0 Å². The van der Waals surface area contributed by atoms with Crippen LogP contribution in [0.5, 0.6) is 5.75 Å². The van der Waals surface area contributed by atoms with Crippen LogP contribution in [0, 0.1) is 20.2 Å². The molecule has 0 aromatic heterocycles. The number of esters is 1. The van der Waals surface area contributed by atoms with Crippen molar-refractivity contribution in [2.24, 2.45) is 0 Å². The second-order valence-electron chi connectivity index (χ2n) is 6.66. The summed E-state index contributed by atoms with van der Waals surface area (Å²) in [6.45, 7) is 3.56. The topological polar surface area (TPSA) is 142 Å². The van der Waals surface area contributed by atoms with Crippen molar-refractivity contribution < 1.29 is 29.2 Å². The Balaban J connectivity index is 2.67. The van der Waals surface area contributed by atoms with E-state index >= 15 is 0 Å². The second kappa shape index (κ2) is 9.09. The predicted octanol–water partition coefficient (Wildman–Crippen LogP) is 1.41. The number of aliphatic hydroxyl groups excluding tert-OH is 1. The van der Waals surface area contributed by atoms with Gasteiger partial charge in [0.2, 0.25) is 13.1 Å². The molecule has 1 atom stereocenters. The molecule has 10 heteroatoms. The molecular formula is C16H22N2O8. The van der Waals surface area contributed by atoms with E-state index in [1.165, 1.54) is 24.3 Å². The molecule has 1 aromatic rings. The zero-order valence-electron chi connectivity index (χ0n) is 14.8. The number of carbonyl (C=O) groups is 1. The quantitative estimate of drug-likeness (QED) is 0.390. The fourth-order valence-corrected chi connectivity index (χ4v) is 2.08. The highest BCUT2D eigenvalue weighted by atomic mass is 16.6. The average molecular weight is 370 g/mol. The molecule has 0 amide bonds. The van der Waals surface area contributed by atoms with Crippen molar-refractivity contribution in [3.63, 3.8) is 0 Å². The Morgan fingerprint density at radius 1 is 1.12 bits per heavy atom. The number of carbonyl (C=O) groups excluding carboxylic acids is 1. The van der Waals surface area contributed by atoms with Gasteiger partial charge in [0.25, 0.3) is 0 Å². The summed E-state index contributed by atoms with van der Waals surface area (Å²) in [5.41, 5.74) is -0.304. The molecule has 0 aliphatic carbocycles. The van der Waals surface area contributed by atoms with E-state index < -0.39 is 46.5 Å². The summed E-state index contributed by atoms with van der Waals surface area (Å²) < 4.78 is 10.3. The largest absolute Gasteiger partial charge is 0.490 e. The van der Waals surface area contributed by atoms with Gasteiger partial charge >= 0.3 is 5.97 Å². The van der Waals surface area contributed by atoms with Gasteiger partial charge in [0, 0.05) is 9.85 Å². The van der Waals surface area contributed by atoms with E-state index in [0.29, 0.717) is 11.3 Å². The molecule has 1 rings (SSSR count). The van der Waals surface area contributed by atoms with E-state index in [4.69, 9.17) is 9.47 Å². The summed E-state index contributed by atoms with van der Waals surface area (Å²) in [7, 11) is 0. The van der Waals surface area contributed by atoms with Gasteiger partial charge < -0.3 is 14.6 Å². The number of hydrogen-bond donors (Lipinski definition) is 1. The normalized spacial score (nSPS) is 12.5. The lowest BCUT2D eigenvalue weighted by molar-refractivity contribution is -0.516. The number of rotatable bonds is 9. The molecule has 0 heterocycles. The van der Waals surface area contributed by atoms with Gasteiger partial charge in [-0.05, 0) is 38.5 Å². The van der Waals surface area contributed by atoms with Crippen LogP contribution in [0.15, 0.2) is 24.3 Å². The van der Waals surface area contributed by atoms with Crippen molar-refractivity contribution in [2.75, 3.05) is 19.7 Å². The molecule has 0 aliphatic heterocycles. The van der Waals surface area contributed by atoms with Crippen LogP contribution in [0.2, 0.25) is 0 Å². The second-order valence-corrected chi connectivity index (χ2v) is 6.66. The Labute approximate surface area is 150 Å². The van der Waals surface area contributed by atoms with Gasteiger partial charge in [-0.2, -0.15) is 0 Å². The maximum atomic E-state index is 11.6. The molecule has 0 unspecified atom stereocenters. The molecule has 0 fully saturated rings. The predicted molar refractivity (Wildman–Crippen MR) is 90.3 cm³/mol. The first-order valence-corrected chi connectivity index (χ1v) is 7.85. The molecule has 1 N–H and O–H groups in total. The molecule has 0 saturated carbocycles. The number of aliphatic hydroxyl groups is 1. The van der Waals surface area contributed by atoms with E-state index in [1.807, 2.05) is 0 Å². The van der Waals surface area contributed by atoms with Gasteiger partial charge in [-0.3, -0.25) is 20.2 Å². The molecule has 0 aliphatic rings. The van der Waals surface area contributed by atoms with Gasteiger partial charge in [-0.25, -0.2) is 4.79 Å². The fourth-order valence-electron chi connectivity index (χ4n) is 2.08. The van der Waals surface area contributed by atoms with E-state index in [9.17, 15) is 30.1 Å². The Kier molecular flexibility index (Phi) is 7.44. The molecule has 0 bridgehead atoms. The van der Waals surface area contributed by atoms with E-state index in [-0.39, 0.29) is 6.61 Å². The first-order chi connectivity index (χ1) is 12.0. The van der Waals surface area contributed by atoms with Crippen molar-refractivity contribution in [3.05, 3.63) is 50.1 Å². The van der Waals surface area contributed by atoms with E-state index in [2.05, 4.69) is 0 Å². The van der Waals surface area contributed by atoms with Crippen LogP contribution < -0.4 is 4.74 Å². The third kappa shape index (κ3) is 7.88. The van der Waals surface area contributed by atoms with Crippen LogP contribution in [-0.2, 0) is 9.53 Å². The van der Waals surface area contributed by atoms with E-state index in [1.54, 1.807) is 20.8 Å². The highest BCUT2D eigenvalue weighted by molar-refractivity contribution is 5.74. The molecule has 1 aromatic carbocycles. The zero-order chi connectivity index (χ0) is 19.9. The summed E-state index contributed by atoms with van der Waals surface area (Å²) in [6.07, 6.45) is -1.47. The first kappa shape index (κ1) is 21.3. The maximum absolute atomic E-state index is 11.6. The van der Waals surface area contributed by atoms with Gasteiger partial charge in [0.1, 0.15) is 23.9 Å². The number of nitrogens with zero attached hydrogens (tertiary/aromatic N) is 2. The summed E-state index contributed by atoms with van der Waals surface area (Å²) in [4.78, 5) is 31.8. The monoisotopic (exact) mass is 370 g/mol. The standard InChI is InChI=1S/C16H22N2O8/c1-16(2,3)26-15(20)14(19)10-25-13-6-4-11(5-7-13)12(8-17(21)22)9-18(23)24/h4-7,12,14,19H,8-10H2,1-3H3/t14-/m1/s1. The summed E-state index contributed by atoms with van der Waals surface area (Å²) >= 11 is 0. The highest BCUT2D eigenvalue weighted by Crippen LogP contribution is 2.21. The first-order valence-electron chi connectivity index (χ1n) is 7.85. The van der Waals surface area contributed by atoms with Crippen molar-refractivity contribution in [1.29, 1.82) is 0 Å². The Morgan fingerprint density at radius 3 is 2.04 bits per heavy atom. The van der Waals surface area contributed by atoms with Gasteiger partial charge in [-0.15, -0.1) is 0 Å². The number of nitro groups is 2. The van der Waals surface area contributed by atoms with Crippen molar-refractivity contribution >= 4 is 5.97 Å². The molecule has 144 valence electrons. The SMILES string of the molecule is CC(C)(C)OC(=O)[C@H](O)COc1ccc(C(C[N+](=O)[O-])C[N+](=O)[O-])cc1. The molecule has 0 radical (unpaired) electrons. The van der Waals surface area contributed by atoms with Crippen molar-refractivity contribution in [1.82, 2.24) is 0 Å². The summed E-state index contributed by atoms with van der Waals surface area (Å²) in [5, 5.41) is 31.1. The van der Waals surface area contributed by atoms with Crippen molar-refractivity contribution in [2.45, 2.75) is 38.4 Å². The van der Waals surface area contributed by atoms with Crippen LogP contribution in [0.4, 0.5) is 0 Å². The van der Waals surface area contributed by atoms with Crippen LogP contribution in [0.25, 0.3) is 0 Å². The maximum Gasteiger partial charge on any atom is 0.339 e. The smallest absolute Gasteiger partial charge is 0.339 e.